The van der Waals surface area contributed by atoms with Crippen LogP contribution in [0.1, 0.15) is 37.4 Å². The number of nitrogens with zero attached hydrogens (tertiary/aromatic N) is 2. The Bertz CT molecular complexity index is 803. The molecule has 0 spiro atoms. The Morgan fingerprint density at radius 2 is 2.17 bits per heavy atom. The van der Waals surface area contributed by atoms with Crippen LogP contribution >= 0.6 is 0 Å². The Balaban J connectivity index is 1.43. The number of carbonyl (C=O) groups excluding carboxylic acids is 2. The average Bonchev–Trinajstić information content (AvgIpc) is 3.12. The number of aromatic nitrogens is 1. The number of hydrogen-bond donors (Lipinski definition) is 1. The fraction of sp³-hybridized carbons (Fsp3) is 0.500. The molecule has 6 nitrogen and oxygen atoms in total. The van der Waals surface area contributed by atoms with Gasteiger partial charge in [-0.15, -0.1) is 0 Å². The summed E-state index contributed by atoms with van der Waals surface area (Å²) in [5, 5.41) is 8.09. The second-order valence-electron chi connectivity index (χ2n) is 6.85. The molecule has 1 fully saturated rings. The molecule has 1 aromatic heterocycles. The summed E-state index contributed by atoms with van der Waals surface area (Å²) in [7, 11) is 0. The standard InChI is InChI=1S/C18H21N3O3/c1-11(22)21-6-4-12(5-7-21)2-3-15-14-8-13-9-18(23)19-16(13)10-17(14)24-20-15/h8,10,12H,2-7,9H2,1H3,(H,19,23). The lowest BCUT2D eigenvalue weighted by atomic mass is 9.91. The van der Waals surface area contributed by atoms with Gasteiger partial charge in [0.1, 0.15) is 0 Å². The van der Waals surface area contributed by atoms with Crippen LogP contribution in [-0.4, -0.2) is 35.0 Å². The van der Waals surface area contributed by atoms with E-state index in [9.17, 15) is 9.59 Å². The van der Waals surface area contributed by atoms with Gasteiger partial charge in [0.25, 0.3) is 0 Å². The summed E-state index contributed by atoms with van der Waals surface area (Å²) in [6.45, 7) is 3.36. The lowest BCUT2D eigenvalue weighted by molar-refractivity contribution is -0.130. The Morgan fingerprint density at radius 3 is 2.92 bits per heavy atom. The molecule has 2 amide bonds. The molecule has 0 unspecified atom stereocenters. The third-order valence-electron chi connectivity index (χ3n) is 5.24. The van der Waals surface area contributed by atoms with E-state index in [1.807, 2.05) is 17.0 Å². The molecule has 24 heavy (non-hydrogen) atoms. The number of aryl methyl sites for hydroxylation is 1. The van der Waals surface area contributed by atoms with E-state index in [2.05, 4.69) is 10.5 Å². The number of piperidine rings is 1. The molecule has 0 atom stereocenters. The van der Waals surface area contributed by atoms with Crippen molar-refractivity contribution in [2.24, 2.45) is 5.92 Å². The first-order valence-corrected chi connectivity index (χ1v) is 8.56. The van der Waals surface area contributed by atoms with E-state index < -0.39 is 0 Å². The van der Waals surface area contributed by atoms with Crippen molar-refractivity contribution >= 4 is 28.5 Å². The molecule has 4 rings (SSSR count). The second-order valence-corrected chi connectivity index (χ2v) is 6.85. The number of nitrogens with one attached hydrogen (secondary N) is 1. The minimum atomic E-state index is 0.0318. The van der Waals surface area contributed by atoms with Gasteiger partial charge < -0.3 is 14.7 Å². The molecular formula is C18H21N3O3. The van der Waals surface area contributed by atoms with Gasteiger partial charge in [-0.1, -0.05) is 5.16 Å². The Kier molecular flexibility index (Phi) is 3.75. The molecule has 1 saturated heterocycles. The van der Waals surface area contributed by atoms with E-state index in [-0.39, 0.29) is 11.8 Å². The maximum absolute atomic E-state index is 11.5. The van der Waals surface area contributed by atoms with Crippen LogP contribution in [0.25, 0.3) is 11.0 Å². The zero-order chi connectivity index (χ0) is 16.7. The largest absolute Gasteiger partial charge is 0.356 e. The molecule has 3 heterocycles. The van der Waals surface area contributed by atoms with Gasteiger partial charge in [-0.3, -0.25) is 9.59 Å². The smallest absolute Gasteiger partial charge is 0.228 e. The van der Waals surface area contributed by atoms with Gasteiger partial charge in [-0.05, 0) is 43.2 Å². The number of anilines is 1. The summed E-state index contributed by atoms with van der Waals surface area (Å²) in [6.07, 6.45) is 4.48. The molecule has 2 aliphatic heterocycles. The molecule has 0 radical (unpaired) electrons. The van der Waals surface area contributed by atoms with Gasteiger partial charge in [0, 0.05) is 37.2 Å². The number of rotatable bonds is 3. The molecule has 0 aliphatic carbocycles. The first-order valence-electron chi connectivity index (χ1n) is 8.56. The molecule has 1 N–H and O–H groups in total. The van der Waals surface area contributed by atoms with Crippen molar-refractivity contribution in [1.82, 2.24) is 10.1 Å². The van der Waals surface area contributed by atoms with Crippen molar-refractivity contribution in [3.63, 3.8) is 0 Å². The van der Waals surface area contributed by atoms with E-state index in [1.165, 1.54) is 0 Å². The number of benzene rings is 1. The van der Waals surface area contributed by atoms with Crippen LogP contribution < -0.4 is 5.32 Å². The normalized spacial score (nSPS) is 18.0. The van der Waals surface area contributed by atoms with Crippen molar-refractivity contribution in [3.8, 4) is 0 Å². The van der Waals surface area contributed by atoms with Crippen molar-refractivity contribution in [1.29, 1.82) is 0 Å². The van der Waals surface area contributed by atoms with Crippen molar-refractivity contribution < 1.29 is 14.1 Å². The first kappa shape index (κ1) is 15.2. The van der Waals surface area contributed by atoms with E-state index in [0.29, 0.717) is 12.3 Å². The Hall–Kier alpha value is -2.37. The van der Waals surface area contributed by atoms with Gasteiger partial charge in [-0.25, -0.2) is 0 Å². The Morgan fingerprint density at radius 1 is 1.38 bits per heavy atom. The van der Waals surface area contributed by atoms with Gasteiger partial charge >= 0.3 is 0 Å². The SMILES string of the molecule is CC(=O)N1CCC(CCc2noc3cc4c(cc23)CC(=O)N4)CC1. The van der Waals surface area contributed by atoms with Gasteiger partial charge in [0.15, 0.2) is 5.58 Å². The summed E-state index contributed by atoms with van der Waals surface area (Å²) in [5.41, 5.74) is 3.57. The second kappa shape index (κ2) is 5.92. The molecule has 2 aromatic rings. The van der Waals surface area contributed by atoms with Crippen molar-refractivity contribution in [2.45, 2.75) is 39.0 Å². The fourth-order valence-electron chi connectivity index (χ4n) is 3.77. The molecule has 1 aromatic carbocycles. The van der Waals surface area contributed by atoms with E-state index in [1.54, 1.807) is 6.92 Å². The molecule has 126 valence electrons. The van der Waals surface area contributed by atoms with E-state index in [4.69, 9.17) is 4.52 Å². The lowest BCUT2D eigenvalue weighted by Crippen LogP contribution is -2.37. The summed E-state index contributed by atoms with van der Waals surface area (Å²) in [5.74, 6) is 0.836. The number of likely N-dealkylation sites (tertiary alicyclic amines) is 1. The topological polar surface area (TPSA) is 75.4 Å². The summed E-state index contributed by atoms with van der Waals surface area (Å²) < 4.78 is 5.44. The lowest BCUT2D eigenvalue weighted by Gasteiger charge is -2.31. The summed E-state index contributed by atoms with van der Waals surface area (Å²) in [4.78, 5) is 24.8. The van der Waals surface area contributed by atoms with Crippen LogP contribution in [0.3, 0.4) is 0 Å². The highest BCUT2D eigenvalue weighted by Gasteiger charge is 2.23. The minimum absolute atomic E-state index is 0.0318. The predicted molar refractivity (Wildman–Crippen MR) is 89.6 cm³/mol. The monoisotopic (exact) mass is 327 g/mol. The quantitative estimate of drug-likeness (QED) is 0.940. The zero-order valence-electron chi connectivity index (χ0n) is 13.8. The highest BCUT2D eigenvalue weighted by molar-refractivity contribution is 6.02. The van der Waals surface area contributed by atoms with Crippen LogP contribution in [0.2, 0.25) is 0 Å². The molecule has 0 saturated carbocycles. The van der Waals surface area contributed by atoms with Crippen LogP contribution in [0.15, 0.2) is 16.7 Å². The Labute approximate surface area is 140 Å². The van der Waals surface area contributed by atoms with Crippen LogP contribution in [0.5, 0.6) is 0 Å². The third kappa shape index (κ3) is 2.77. The van der Waals surface area contributed by atoms with Crippen LogP contribution in [0.4, 0.5) is 5.69 Å². The summed E-state index contributed by atoms with van der Waals surface area (Å²) in [6, 6.07) is 3.91. The third-order valence-corrected chi connectivity index (χ3v) is 5.24. The molecule has 6 heteroatoms. The average molecular weight is 327 g/mol. The first-order chi connectivity index (χ1) is 11.6. The van der Waals surface area contributed by atoms with Crippen LogP contribution in [-0.2, 0) is 22.4 Å². The highest BCUT2D eigenvalue weighted by Crippen LogP contribution is 2.31. The maximum Gasteiger partial charge on any atom is 0.228 e. The number of fused-ring (bicyclic) bond motifs is 2. The predicted octanol–water partition coefficient (Wildman–Crippen LogP) is 2.51. The van der Waals surface area contributed by atoms with E-state index >= 15 is 0 Å². The molecular weight excluding hydrogens is 306 g/mol. The van der Waals surface area contributed by atoms with Crippen molar-refractivity contribution in [2.75, 3.05) is 18.4 Å². The summed E-state index contributed by atoms with van der Waals surface area (Å²) >= 11 is 0. The van der Waals surface area contributed by atoms with Crippen LogP contribution in [0, 0.1) is 5.92 Å². The minimum Gasteiger partial charge on any atom is -0.356 e. The number of hydrogen-bond acceptors (Lipinski definition) is 4. The highest BCUT2D eigenvalue weighted by atomic mass is 16.5. The van der Waals surface area contributed by atoms with Gasteiger partial charge in [-0.2, -0.15) is 0 Å². The molecule has 2 aliphatic rings. The molecule has 0 bridgehead atoms. The zero-order valence-corrected chi connectivity index (χ0v) is 13.8. The van der Waals surface area contributed by atoms with Crippen molar-refractivity contribution in [3.05, 3.63) is 23.4 Å². The van der Waals surface area contributed by atoms with Gasteiger partial charge in [0.2, 0.25) is 11.8 Å². The number of carbonyl (C=O) groups is 2. The number of amides is 2. The maximum atomic E-state index is 11.5. The van der Waals surface area contributed by atoms with E-state index in [0.717, 1.165) is 66.7 Å². The fourth-order valence-corrected chi connectivity index (χ4v) is 3.77. The van der Waals surface area contributed by atoms with Gasteiger partial charge in [0.05, 0.1) is 12.1 Å².